The number of hydrogen-bond donors (Lipinski definition) is 2. The molecule has 2 amide bonds. The van der Waals surface area contributed by atoms with Crippen molar-refractivity contribution in [1.82, 2.24) is 30.2 Å². The van der Waals surface area contributed by atoms with Gasteiger partial charge in [0.15, 0.2) is 11.6 Å². The van der Waals surface area contributed by atoms with E-state index in [4.69, 9.17) is 14.2 Å². The predicted molar refractivity (Wildman–Crippen MR) is 150 cm³/mol. The molecule has 0 radical (unpaired) electrons. The molecule has 0 aliphatic carbocycles. The summed E-state index contributed by atoms with van der Waals surface area (Å²) in [5.74, 6) is -0.687. The minimum atomic E-state index is -0.786. The zero-order valence-electron chi connectivity index (χ0n) is 22.4. The highest BCUT2D eigenvalue weighted by Gasteiger charge is 2.18. The van der Waals surface area contributed by atoms with Crippen molar-refractivity contribution in [2.75, 3.05) is 26.1 Å². The maximum absolute atomic E-state index is 14.9. The number of amides is 2. The standard InChI is InChI=1S/C27H24FN7O5S/c1-13-5-16(23-19(6-13)34-22(38-4)11-30-23)26-35-18-7-17(28)20(8-21(18)41-26)40-14(2)12-39-27(37)33-15-9-31-24(32-10-15)25(36)29-3/h5-11,14H,12H2,1-4H3,(H,29,36)(H,33,37). The average Bonchev–Trinajstić information content (AvgIpc) is 3.37. The Bertz CT molecular complexity index is 1760. The van der Waals surface area contributed by atoms with E-state index >= 15 is 0 Å². The molecule has 3 heterocycles. The third-order valence-electron chi connectivity index (χ3n) is 5.76. The number of fused-ring (bicyclic) bond motifs is 2. The van der Waals surface area contributed by atoms with Crippen LogP contribution in [0.4, 0.5) is 14.9 Å². The van der Waals surface area contributed by atoms with Crippen molar-refractivity contribution < 1.29 is 28.2 Å². The lowest BCUT2D eigenvalue weighted by Crippen LogP contribution is -2.25. The van der Waals surface area contributed by atoms with E-state index in [1.807, 2.05) is 19.1 Å². The van der Waals surface area contributed by atoms with E-state index in [0.29, 0.717) is 32.1 Å². The molecule has 3 aromatic heterocycles. The highest BCUT2D eigenvalue weighted by Crippen LogP contribution is 2.37. The highest BCUT2D eigenvalue weighted by atomic mass is 32.1. The minimum Gasteiger partial charge on any atom is -0.484 e. The fourth-order valence-electron chi connectivity index (χ4n) is 3.86. The Kier molecular flexibility index (Phi) is 7.83. The van der Waals surface area contributed by atoms with Crippen LogP contribution in [0.25, 0.3) is 31.8 Å². The maximum atomic E-state index is 14.9. The molecule has 2 aromatic carbocycles. The number of ether oxygens (including phenoxy) is 3. The Labute approximate surface area is 236 Å². The smallest absolute Gasteiger partial charge is 0.411 e. The van der Waals surface area contributed by atoms with Gasteiger partial charge in [-0.1, -0.05) is 0 Å². The van der Waals surface area contributed by atoms with Gasteiger partial charge in [-0.3, -0.25) is 10.1 Å². The van der Waals surface area contributed by atoms with Gasteiger partial charge >= 0.3 is 6.09 Å². The number of benzene rings is 2. The van der Waals surface area contributed by atoms with Crippen LogP contribution < -0.4 is 20.1 Å². The molecule has 1 atom stereocenters. The molecule has 0 bridgehead atoms. The number of hydrogen-bond acceptors (Lipinski definition) is 11. The zero-order valence-corrected chi connectivity index (χ0v) is 23.2. The minimum absolute atomic E-state index is 0.000950. The third-order valence-corrected chi connectivity index (χ3v) is 6.81. The van der Waals surface area contributed by atoms with Gasteiger partial charge in [-0.05, 0) is 31.5 Å². The van der Waals surface area contributed by atoms with E-state index in [-0.39, 0.29) is 23.9 Å². The lowest BCUT2D eigenvalue weighted by Gasteiger charge is -2.15. The van der Waals surface area contributed by atoms with Crippen LogP contribution in [0.15, 0.2) is 42.9 Å². The van der Waals surface area contributed by atoms with Crippen molar-refractivity contribution in [1.29, 1.82) is 0 Å². The molecule has 210 valence electrons. The Balaban J connectivity index is 1.27. The van der Waals surface area contributed by atoms with Gasteiger partial charge in [-0.2, -0.15) is 0 Å². The van der Waals surface area contributed by atoms with E-state index in [1.165, 1.54) is 44.0 Å². The maximum Gasteiger partial charge on any atom is 0.411 e. The van der Waals surface area contributed by atoms with Crippen LogP contribution >= 0.6 is 11.3 Å². The second-order valence-corrected chi connectivity index (χ2v) is 9.92. The number of rotatable bonds is 8. The number of carbonyl (C=O) groups is 2. The lowest BCUT2D eigenvalue weighted by atomic mass is 10.1. The molecule has 12 nitrogen and oxygen atoms in total. The number of nitrogens with one attached hydrogen (secondary N) is 2. The van der Waals surface area contributed by atoms with Crippen molar-refractivity contribution >= 4 is 50.3 Å². The van der Waals surface area contributed by atoms with E-state index in [1.54, 1.807) is 19.2 Å². The molecular formula is C27H24FN7O5S. The van der Waals surface area contributed by atoms with Crippen molar-refractivity contribution in [3.63, 3.8) is 0 Å². The molecule has 0 spiro atoms. The molecule has 41 heavy (non-hydrogen) atoms. The number of halogens is 1. The number of thiazole rings is 1. The number of nitrogens with zero attached hydrogens (tertiary/aromatic N) is 5. The van der Waals surface area contributed by atoms with E-state index in [2.05, 4.69) is 35.6 Å². The second kappa shape index (κ2) is 11.6. The van der Waals surface area contributed by atoms with Crippen LogP contribution in [-0.4, -0.2) is 63.8 Å². The molecular weight excluding hydrogens is 553 g/mol. The Morgan fingerprint density at radius 3 is 2.56 bits per heavy atom. The molecule has 14 heteroatoms. The normalized spacial score (nSPS) is 11.7. The summed E-state index contributed by atoms with van der Waals surface area (Å²) >= 11 is 1.37. The van der Waals surface area contributed by atoms with Crippen molar-refractivity contribution in [3.05, 3.63) is 60.1 Å². The van der Waals surface area contributed by atoms with Crippen LogP contribution in [-0.2, 0) is 4.74 Å². The van der Waals surface area contributed by atoms with E-state index in [9.17, 15) is 14.0 Å². The molecule has 2 N–H and O–H groups in total. The summed E-state index contributed by atoms with van der Waals surface area (Å²) in [5.41, 5.74) is 3.78. The fourth-order valence-corrected chi connectivity index (χ4v) is 4.86. The summed E-state index contributed by atoms with van der Waals surface area (Å²) < 4.78 is 31.7. The first-order valence-electron chi connectivity index (χ1n) is 12.3. The van der Waals surface area contributed by atoms with Gasteiger partial charge in [0.25, 0.3) is 5.91 Å². The Hall–Kier alpha value is -4.98. The SMILES string of the molecule is CNC(=O)c1ncc(NC(=O)OCC(C)Oc2cc3sc(-c4cc(C)cc5nc(OC)cnc45)nc3cc2F)cn1. The van der Waals surface area contributed by atoms with Gasteiger partial charge in [-0.25, -0.2) is 34.1 Å². The van der Waals surface area contributed by atoms with Gasteiger partial charge in [0.2, 0.25) is 11.7 Å². The Morgan fingerprint density at radius 2 is 1.83 bits per heavy atom. The third kappa shape index (κ3) is 6.11. The first-order chi connectivity index (χ1) is 19.7. The number of aromatic nitrogens is 5. The molecule has 5 aromatic rings. The highest BCUT2D eigenvalue weighted by molar-refractivity contribution is 7.21. The molecule has 5 rings (SSSR count). The number of aryl methyl sites for hydroxylation is 1. The molecule has 0 fully saturated rings. The number of methoxy groups -OCH3 is 1. The Morgan fingerprint density at radius 1 is 1.05 bits per heavy atom. The topological polar surface area (TPSA) is 150 Å². The predicted octanol–water partition coefficient (Wildman–Crippen LogP) is 4.53. The van der Waals surface area contributed by atoms with Crippen LogP contribution in [0, 0.1) is 12.7 Å². The zero-order chi connectivity index (χ0) is 29.1. The van der Waals surface area contributed by atoms with Crippen LogP contribution in [0.2, 0.25) is 0 Å². The molecule has 0 aliphatic heterocycles. The summed E-state index contributed by atoms with van der Waals surface area (Å²) in [6, 6.07) is 6.75. The molecule has 0 aliphatic rings. The number of anilines is 1. The van der Waals surface area contributed by atoms with Crippen molar-refractivity contribution in [3.8, 4) is 22.2 Å². The summed E-state index contributed by atoms with van der Waals surface area (Å²) in [6.07, 6.45) is 2.63. The quantitative estimate of drug-likeness (QED) is 0.269. The first kappa shape index (κ1) is 27.6. The van der Waals surface area contributed by atoms with Gasteiger partial charge in [-0.15, -0.1) is 11.3 Å². The van der Waals surface area contributed by atoms with Gasteiger partial charge in [0.05, 0.1) is 52.6 Å². The summed E-state index contributed by atoms with van der Waals surface area (Å²) in [6.45, 7) is 3.43. The monoisotopic (exact) mass is 577 g/mol. The largest absolute Gasteiger partial charge is 0.484 e. The van der Waals surface area contributed by atoms with E-state index < -0.39 is 23.9 Å². The van der Waals surface area contributed by atoms with Gasteiger partial charge < -0.3 is 19.5 Å². The average molecular weight is 578 g/mol. The fraction of sp³-hybridized carbons (Fsp3) is 0.222. The summed E-state index contributed by atoms with van der Waals surface area (Å²) in [7, 11) is 2.99. The van der Waals surface area contributed by atoms with Crippen LogP contribution in [0.3, 0.4) is 0 Å². The number of carbonyl (C=O) groups excluding carboxylic acids is 2. The van der Waals surface area contributed by atoms with Crippen molar-refractivity contribution in [2.24, 2.45) is 0 Å². The van der Waals surface area contributed by atoms with Crippen molar-refractivity contribution in [2.45, 2.75) is 20.0 Å². The second-order valence-electron chi connectivity index (χ2n) is 8.89. The van der Waals surface area contributed by atoms with Crippen LogP contribution in [0.5, 0.6) is 11.6 Å². The van der Waals surface area contributed by atoms with Gasteiger partial charge in [0, 0.05) is 24.7 Å². The van der Waals surface area contributed by atoms with Crippen LogP contribution in [0.1, 0.15) is 23.1 Å². The first-order valence-corrected chi connectivity index (χ1v) is 13.1. The molecule has 0 saturated carbocycles. The molecule has 1 unspecified atom stereocenters. The van der Waals surface area contributed by atoms with E-state index in [0.717, 1.165) is 11.1 Å². The van der Waals surface area contributed by atoms with Gasteiger partial charge in [0.1, 0.15) is 17.7 Å². The summed E-state index contributed by atoms with van der Waals surface area (Å²) in [5, 5.41) is 5.51. The lowest BCUT2D eigenvalue weighted by molar-refractivity contribution is 0.0952. The molecule has 0 saturated heterocycles. The summed E-state index contributed by atoms with van der Waals surface area (Å²) in [4.78, 5) is 45.0.